The van der Waals surface area contributed by atoms with Crippen LogP contribution >= 0.6 is 0 Å². The zero-order chi connectivity index (χ0) is 24.8. The first-order valence-corrected chi connectivity index (χ1v) is 12.7. The molecule has 2 saturated heterocycles. The summed E-state index contributed by atoms with van der Waals surface area (Å²) >= 11 is 0. The van der Waals surface area contributed by atoms with Crippen LogP contribution in [0.5, 0.6) is 0 Å². The summed E-state index contributed by atoms with van der Waals surface area (Å²) in [6, 6.07) is 15.5. The molecule has 0 atom stereocenters. The number of halogens is 1. The van der Waals surface area contributed by atoms with Gasteiger partial charge in [-0.15, -0.1) is 0 Å². The summed E-state index contributed by atoms with van der Waals surface area (Å²) in [5.74, 6) is 0.474. The van der Waals surface area contributed by atoms with Crippen LogP contribution < -0.4 is 0 Å². The maximum atomic E-state index is 15.2. The number of nitrogens with one attached hydrogen (secondary N) is 1. The molecule has 0 unspecified atom stereocenters. The van der Waals surface area contributed by atoms with Crippen LogP contribution in [-0.2, 0) is 0 Å². The first-order valence-electron chi connectivity index (χ1n) is 12.7. The highest BCUT2D eigenvalue weighted by Gasteiger charge is 2.30. The van der Waals surface area contributed by atoms with Crippen molar-refractivity contribution in [1.82, 2.24) is 19.8 Å². The highest BCUT2D eigenvalue weighted by Crippen LogP contribution is 2.34. The van der Waals surface area contributed by atoms with Gasteiger partial charge in [-0.25, -0.2) is 9.37 Å². The molecule has 0 bridgehead atoms. The van der Waals surface area contributed by atoms with Crippen molar-refractivity contribution in [1.29, 1.82) is 0 Å². The minimum absolute atomic E-state index is 0.104. The Balaban J connectivity index is 1.27. The predicted molar refractivity (Wildman–Crippen MR) is 142 cm³/mol. The maximum absolute atomic E-state index is 15.2. The molecule has 0 spiro atoms. The van der Waals surface area contributed by atoms with Crippen molar-refractivity contribution in [2.24, 2.45) is 5.92 Å². The van der Waals surface area contributed by atoms with Crippen LogP contribution in [0, 0.1) is 11.7 Å². The summed E-state index contributed by atoms with van der Waals surface area (Å²) in [5, 5.41) is 0.979. The number of H-pyrrole nitrogens is 1. The minimum atomic E-state index is -0.130. The lowest BCUT2D eigenvalue weighted by Crippen LogP contribution is -2.47. The Morgan fingerprint density at radius 2 is 1.67 bits per heavy atom. The highest BCUT2D eigenvalue weighted by atomic mass is 19.1. The lowest BCUT2D eigenvalue weighted by atomic mass is 9.88. The van der Waals surface area contributed by atoms with Crippen LogP contribution in [-0.4, -0.2) is 65.8 Å². The van der Waals surface area contributed by atoms with E-state index < -0.39 is 0 Å². The van der Waals surface area contributed by atoms with Gasteiger partial charge in [-0.3, -0.25) is 4.79 Å². The number of aromatic nitrogens is 2. The zero-order valence-corrected chi connectivity index (χ0v) is 20.8. The summed E-state index contributed by atoms with van der Waals surface area (Å²) in [6.45, 7) is 3.68. The second-order valence-electron chi connectivity index (χ2n) is 10.5. The van der Waals surface area contributed by atoms with Gasteiger partial charge in [0.2, 0.25) is 0 Å². The number of fused-ring (bicyclic) bond motifs is 1. The molecular formula is C30H31FN4O. The first-order chi connectivity index (χ1) is 17.5. The maximum Gasteiger partial charge on any atom is 0.168 e. The number of pyridine rings is 1. The standard InChI is InChI=1S/C30H31FN4O/c1-34-11-9-20(10-12-34)25-8-7-22(14-28(25)31)23-13-26-27(16-33-30(26)32-15-23)19-3-5-21(6-4-19)29(36)24-17-35(2)18-24/h3-8,13-16,20,24H,9-12,17-18H2,1-2H3,(H,32,33). The average molecular weight is 483 g/mol. The number of carbonyl (C=O) groups excluding carboxylic acids is 1. The van der Waals surface area contributed by atoms with Gasteiger partial charge in [0.05, 0.1) is 0 Å². The van der Waals surface area contributed by atoms with E-state index in [1.807, 2.05) is 49.6 Å². The Morgan fingerprint density at radius 1 is 0.944 bits per heavy atom. The van der Waals surface area contributed by atoms with Crippen LogP contribution in [0.2, 0.25) is 0 Å². The number of benzene rings is 2. The number of hydrogen-bond donors (Lipinski definition) is 1. The van der Waals surface area contributed by atoms with E-state index in [4.69, 9.17) is 0 Å². The second-order valence-corrected chi connectivity index (χ2v) is 10.5. The largest absolute Gasteiger partial charge is 0.346 e. The predicted octanol–water partition coefficient (Wildman–Crippen LogP) is 5.59. The van der Waals surface area contributed by atoms with Crippen LogP contribution in [0.25, 0.3) is 33.3 Å². The number of piperidine rings is 1. The molecule has 0 saturated carbocycles. The Hall–Kier alpha value is -3.35. The van der Waals surface area contributed by atoms with Gasteiger partial charge in [0.1, 0.15) is 11.5 Å². The van der Waals surface area contributed by atoms with Gasteiger partial charge in [-0.05, 0) is 74.8 Å². The molecule has 2 fully saturated rings. The Labute approximate surface area is 211 Å². The van der Waals surface area contributed by atoms with Crippen molar-refractivity contribution in [2.45, 2.75) is 18.8 Å². The third-order valence-electron chi connectivity index (χ3n) is 7.94. The van der Waals surface area contributed by atoms with Gasteiger partial charge in [0, 0.05) is 53.5 Å². The van der Waals surface area contributed by atoms with Gasteiger partial charge in [-0.2, -0.15) is 0 Å². The number of carbonyl (C=O) groups is 1. The number of ketones is 1. The average Bonchev–Trinajstić information content (AvgIpc) is 3.30. The van der Waals surface area contributed by atoms with E-state index in [0.29, 0.717) is 0 Å². The van der Waals surface area contributed by atoms with Crippen molar-refractivity contribution >= 4 is 16.8 Å². The van der Waals surface area contributed by atoms with E-state index in [-0.39, 0.29) is 23.4 Å². The summed E-state index contributed by atoms with van der Waals surface area (Å²) < 4.78 is 15.2. The molecule has 2 aromatic heterocycles. The quantitative estimate of drug-likeness (QED) is 0.377. The molecule has 2 aliphatic rings. The molecule has 6 heteroatoms. The molecule has 5 nitrogen and oxygen atoms in total. The van der Waals surface area contributed by atoms with Crippen molar-refractivity contribution in [3.63, 3.8) is 0 Å². The van der Waals surface area contributed by atoms with Gasteiger partial charge in [-0.1, -0.05) is 36.4 Å². The van der Waals surface area contributed by atoms with Crippen molar-refractivity contribution in [3.05, 3.63) is 77.9 Å². The lowest BCUT2D eigenvalue weighted by Gasteiger charge is -2.34. The molecule has 4 aromatic rings. The fourth-order valence-electron chi connectivity index (χ4n) is 5.67. The van der Waals surface area contributed by atoms with Gasteiger partial charge in [0.25, 0.3) is 0 Å². The fraction of sp³-hybridized carbons (Fsp3) is 0.333. The number of likely N-dealkylation sites (tertiary alicyclic amines) is 2. The fourth-order valence-corrected chi connectivity index (χ4v) is 5.67. The van der Waals surface area contributed by atoms with Gasteiger partial charge in [0.15, 0.2) is 5.78 Å². The molecule has 2 aliphatic heterocycles. The number of nitrogens with zero attached hydrogens (tertiary/aromatic N) is 3. The molecule has 0 radical (unpaired) electrons. The van der Waals surface area contributed by atoms with Crippen LogP contribution in [0.15, 0.2) is 60.9 Å². The van der Waals surface area contributed by atoms with E-state index in [9.17, 15) is 4.79 Å². The monoisotopic (exact) mass is 482 g/mol. The van der Waals surface area contributed by atoms with Gasteiger partial charge < -0.3 is 14.8 Å². The van der Waals surface area contributed by atoms with E-state index in [2.05, 4.69) is 32.9 Å². The molecule has 2 aromatic carbocycles. The van der Waals surface area contributed by atoms with Crippen LogP contribution in [0.3, 0.4) is 0 Å². The Morgan fingerprint density at radius 3 is 2.36 bits per heavy atom. The first kappa shape index (κ1) is 23.1. The molecule has 0 aliphatic carbocycles. The molecule has 1 N–H and O–H groups in total. The number of rotatable bonds is 5. The van der Waals surface area contributed by atoms with E-state index in [0.717, 1.165) is 83.4 Å². The van der Waals surface area contributed by atoms with E-state index in [1.165, 1.54) is 0 Å². The summed E-state index contributed by atoms with van der Waals surface area (Å²) in [7, 11) is 4.15. The Bertz CT molecular complexity index is 1410. The molecule has 36 heavy (non-hydrogen) atoms. The number of aromatic amines is 1. The van der Waals surface area contributed by atoms with Gasteiger partial charge >= 0.3 is 0 Å². The molecule has 184 valence electrons. The minimum Gasteiger partial charge on any atom is -0.346 e. The number of Topliss-reactive ketones (excluding diaryl/α,β-unsaturated/α-hetero) is 1. The van der Waals surface area contributed by atoms with E-state index >= 15 is 4.39 Å². The Kier molecular flexibility index (Phi) is 5.94. The van der Waals surface area contributed by atoms with Crippen LogP contribution in [0.1, 0.15) is 34.7 Å². The molecule has 0 amide bonds. The molecule has 4 heterocycles. The molecule has 6 rings (SSSR count). The summed E-state index contributed by atoms with van der Waals surface area (Å²) in [5.41, 5.74) is 6.13. The lowest BCUT2D eigenvalue weighted by molar-refractivity contribution is 0.0702. The van der Waals surface area contributed by atoms with Crippen molar-refractivity contribution in [3.8, 4) is 22.3 Å². The van der Waals surface area contributed by atoms with E-state index in [1.54, 1.807) is 12.3 Å². The van der Waals surface area contributed by atoms with Crippen LogP contribution in [0.4, 0.5) is 4.39 Å². The summed E-state index contributed by atoms with van der Waals surface area (Å²) in [6.07, 6.45) is 5.73. The summed E-state index contributed by atoms with van der Waals surface area (Å²) in [4.78, 5) is 25.0. The third kappa shape index (κ3) is 4.25. The SMILES string of the molecule is CN1CCC(c2ccc(-c3cnc4[nH]cc(-c5ccc(C(=O)C6CN(C)C6)cc5)c4c3)cc2F)CC1. The zero-order valence-electron chi connectivity index (χ0n) is 20.8. The van der Waals surface area contributed by atoms with Crippen molar-refractivity contribution in [2.75, 3.05) is 40.3 Å². The third-order valence-corrected chi connectivity index (χ3v) is 7.94. The number of hydrogen-bond acceptors (Lipinski definition) is 4. The smallest absolute Gasteiger partial charge is 0.168 e. The van der Waals surface area contributed by atoms with Crippen molar-refractivity contribution < 1.29 is 9.18 Å². The topological polar surface area (TPSA) is 52.2 Å². The highest BCUT2D eigenvalue weighted by molar-refractivity contribution is 6.00. The molecular weight excluding hydrogens is 451 g/mol. The second kappa shape index (κ2) is 9.26. The normalized spacial score (nSPS) is 18.0.